The van der Waals surface area contributed by atoms with Crippen LogP contribution >= 0.6 is 11.6 Å². The van der Waals surface area contributed by atoms with E-state index < -0.39 is 17.2 Å². The highest BCUT2D eigenvalue weighted by molar-refractivity contribution is 6.30. The van der Waals surface area contributed by atoms with Crippen LogP contribution in [0.1, 0.15) is 33.9 Å². The number of rotatable bonds is 4. The van der Waals surface area contributed by atoms with Gasteiger partial charge in [0.15, 0.2) is 0 Å². The van der Waals surface area contributed by atoms with Gasteiger partial charge >= 0.3 is 0 Å². The molecule has 1 N–H and O–H groups in total. The predicted molar refractivity (Wildman–Crippen MR) is 81.2 cm³/mol. The Morgan fingerprint density at radius 2 is 1.81 bits per heavy atom. The highest BCUT2D eigenvalue weighted by Crippen LogP contribution is 2.39. The molecule has 2 aromatic rings. The minimum absolute atomic E-state index is 0.421. The van der Waals surface area contributed by atoms with E-state index in [0.29, 0.717) is 10.8 Å². The van der Waals surface area contributed by atoms with Crippen molar-refractivity contribution in [2.45, 2.75) is 39.5 Å². The Bertz CT molecular complexity index is 574. The van der Waals surface area contributed by atoms with Crippen molar-refractivity contribution in [2.24, 2.45) is 5.41 Å². The molecule has 0 aliphatic carbocycles. The first-order valence-corrected chi connectivity index (χ1v) is 7.08. The average Bonchev–Trinajstić information content (AvgIpc) is 2.90. The summed E-state index contributed by atoms with van der Waals surface area (Å²) in [6, 6.07) is 6.98. The fraction of sp³-hybridized carbons (Fsp3) is 0.467. The molecule has 1 aromatic carbocycles. The summed E-state index contributed by atoms with van der Waals surface area (Å²) >= 11 is 5.88. The van der Waals surface area contributed by atoms with Crippen LogP contribution in [-0.4, -0.2) is 25.5 Å². The lowest BCUT2D eigenvalue weighted by atomic mass is 9.76. The molecular formula is C15H20ClN3O2. The number of hydrogen-bond acceptors (Lipinski definition) is 4. The molecule has 0 aliphatic heterocycles. The number of aromatic nitrogens is 3. The fourth-order valence-corrected chi connectivity index (χ4v) is 1.90. The molecule has 0 fully saturated rings. The zero-order valence-corrected chi connectivity index (χ0v) is 13.4. The maximum atomic E-state index is 11.0. The zero-order valence-electron chi connectivity index (χ0n) is 12.6. The van der Waals surface area contributed by atoms with E-state index in [1.54, 1.807) is 31.2 Å². The molecule has 0 radical (unpaired) electrons. The first-order chi connectivity index (χ1) is 9.72. The summed E-state index contributed by atoms with van der Waals surface area (Å²) in [5.74, 6) is 0.601. The van der Waals surface area contributed by atoms with Crippen LogP contribution in [0.3, 0.4) is 0 Å². The summed E-state index contributed by atoms with van der Waals surface area (Å²) in [7, 11) is 0. The van der Waals surface area contributed by atoms with Crippen LogP contribution in [-0.2, 0) is 0 Å². The molecule has 0 saturated carbocycles. The van der Waals surface area contributed by atoms with Crippen molar-refractivity contribution in [3.63, 3.8) is 0 Å². The number of benzene rings is 1. The number of ether oxygens (including phenoxy) is 1. The summed E-state index contributed by atoms with van der Waals surface area (Å²) < 4.78 is 7.47. The van der Waals surface area contributed by atoms with Gasteiger partial charge in [-0.25, -0.2) is 9.67 Å². The molecule has 2 rings (SSSR count). The van der Waals surface area contributed by atoms with Crippen molar-refractivity contribution < 1.29 is 9.84 Å². The smallest absolute Gasteiger partial charge is 0.221 e. The van der Waals surface area contributed by atoms with E-state index in [2.05, 4.69) is 10.1 Å². The maximum absolute atomic E-state index is 11.0. The monoisotopic (exact) mass is 309 g/mol. The summed E-state index contributed by atoms with van der Waals surface area (Å²) in [6.07, 6.45) is 2.23. The molecule has 2 atom stereocenters. The third-order valence-electron chi connectivity index (χ3n) is 3.74. The molecule has 0 aliphatic rings. The van der Waals surface area contributed by atoms with Crippen LogP contribution in [0.5, 0.6) is 5.75 Å². The van der Waals surface area contributed by atoms with E-state index in [1.807, 2.05) is 20.8 Å². The van der Waals surface area contributed by atoms with Crippen LogP contribution in [0.25, 0.3) is 0 Å². The SMILES string of the molecule is CC(C)(C)C(C)(O)C(Oc1ccc(Cl)cc1)n1cncn1. The Balaban J connectivity index is 2.36. The Kier molecular flexibility index (Phi) is 4.25. The molecular weight excluding hydrogens is 290 g/mol. The molecule has 1 heterocycles. The minimum Gasteiger partial charge on any atom is -0.466 e. The van der Waals surface area contributed by atoms with E-state index in [1.165, 1.54) is 17.3 Å². The summed E-state index contributed by atoms with van der Waals surface area (Å²) in [5, 5.41) is 15.7. The van der Waals surface area contributed by atoms with Crippen molar-refractivity contribution in [3.8, 4) is 5.75 Å². The van der Waals surface area contributed by atoms with E-state index in [9.17, 15) is 5.11 Å². The number of hydrogen-bond donors (Lipinski definition) is 1. The van der Waals surface area contributed by atoms with Gasteiger partial charge in [-0.15, -0.1) is 0 Å². The first-order valence-electron chi connectivity index (χ1n) is 6.70. The van der Waals surface area contributed by atoms with Gasteiger partial charge in [0.25, 0.3) is 0 Å². The van der Waals surface area contributed by atoms with E-state index >= 15 is 0 Å². The van der Waals surface area contributed by atoms with Crippen molar-refractivity contribution in [3.05, 3.63) is 41.9 Å². The van der Waals surface area contributed by atoms with Gasteiger partial charge < -0.3 is 9.84 Å². The highest BCUT2D eigenvalue weighted by Gasteiger charge is 2.46. The Morgan fingerprint density at radius 1 is 1.19 bits per heavy atom. The van der Waals surface area contributed by atoms with Crippen LogP contribution < -0.4 is 4.74 Å². The summed E-state index contributed by atoms with van der Waals surface area (Å²) in [4.78, 5) is 3.93. The lowest BCUT2D eigenvalue weighted by Gasteiger charge is -2.42. The van der Waals surface area contributed by atoms with Gasteiger partial charge in [0.05, 0.1) is 0 Å². The number of nitrogens with zero attached hydrogens (tertiary/aromatic N) is 3. The Hall–Kier alpha value is -1.59. The highest BCUT2D eigenvalue weighted by atomic mass is 35.5. The average molecular weight is 310 g/mol. The largest absolute Gasteiger partial charge is 0.466 e. The van der Waals surface area contributed by atoms with Gasteiger partial charge in [0.2, 0.25) is 6.23 Å². The van der Waals surface area contributed by atoms with Gasteiger partial charge in [-0.2, -0.15) is 5.10 Å². The number of aliphatic hydroxyl groups is 1. The Labute approximate surface area is 129 Å². The van der Waals surface area contributed by atoms with Gasteiger partial charge in [-0.05, 0) is 36.6 Å². The lowest BCUT2D eigenvalue weighted by Crippen LogP contribution is -2.50. The topological polar surface area (TPSA) is 60.2 Å². The quantitative estimate of drug-likeness (QED) is 0.941. The van der Waals surface area contributed by atoms with Gasteiger partial charge in [0, 0.05) is 5.02 Å². The van der Waals surface area contributed by atoms with Gasteiger partial charge in [-0.3, -0.25) is 0 Å². The first kappa shape index (κ1) is 15.8. The van der Waals surface area contributed by atoms with Crippen LogP contribution in [0.15, 0.2) is 36.9 Å². The van der Waals surface area contributed by atoms with E-state index in [4.69, 9.17) is 16.3 Å². The van der Waals surface area contributed by atoms with Crippen molar-refractivity contribution in [1.29, 1.82) is 0 Å². The van der Waals surface area contributed by atoms with Crippen molar-refractivity contribution in [1.82, 2.24) is 14.8 Å². The Morgan fingerprint density at radius 3 is 2.29 bits per heavy atom. The third-order valence-corrected chi connectivity index (χ3v) is 3.99. The zero-order chi connectivity index (χ0) is 15.7. The summed E-state index contributed by atoms with van der Waals surface area (Å²) in [6.45, 7) is 7.57. The van der Waals surface area contributed by atoms with Gasteiger partial charge in [0.1, 0.15) is 24.0 Å². The third kappa shape index (κ3) is 3.36. The molecule has 0 saturated heterocycles. The standard InChI is InChI=1S/C15H20ClN3O2/c1-14(2,3)15(4,20)13(19-10-17-9-18-19)21-12-7-5-11(16)6-8-12/h5-10,13,20H,1-4H3. The molecule has 0 spiro atoms. The van der Waals surface area contributed by atoms with Crippen LogP contribution in [0, 0.1) is 5.41 Å². The summed E-state index contributed by atoms with van der Waals surface area (Å²) in [5.41, 5.74) is -1.59. The second-order valence-corrected chi connectivity index (χ2v) is 6.63. The van der Waals surface area contributed by atoms with Crippen LogP contribution in [0.4, 0.5) is 0 Å². The molecule has 6 heteroatoms. The second kappa shape index (κ2) is 5.66. The molecule has 0 amide bonds. The second-order valence-electron chi connectivity index (χ2n) is 6.20. The van der Waals surface area contributed by atoms with Gasteiger partial charge in [-0.1, -0.05) is 32.4 Å². The normalized spacial score (nSPS) is 16.3. The van der Waals surface area contributed by atoms with Crippen molar-refractivity contribution in [2.75, 3.05) is 0 Å². The molecule has 21 heavy (non-hydrogen) atoms. The van der Waals surface area contributed by atoms with Crippen LogP contribution in [0.2, 0.25) is 5.02 Å². The minimum atomic E-state index is -1.17. The predicted octanol–water partition coefficient (Wildman–Crippen LogP) is 3.31. The molecule has 0 bridgehead atoms. The molecule has 5 nitrogen and oxygen atoms in total. The number of halogens is 1. The molecule has 1 aromatic heterocycles. The van der Waals surface area contributed by atoms with Crippen molar-refractivity contribution >= 4 is 11.6 Å². The lowest BCUT2D eigenvalue weighted by molar-refractivity contribution is -0.153. The van der Waals surface area contributed by atoms with E-state index in [-0.39, 0.29) is 0 Å². The molecule has 114 valence electrons. The van der Waals surface area contributed by atoms with E-state index in [0.717, 1.165) is 0 Å². The maximum Gasteiger partial charge on any atom is 0.221 e. The fourth-order valence-electron chi connectivity index (χ4n) is 1.78. The molecule has 2 unspecified atom stereocenters.